The molecular formula is C19H21Cl2N5. The van der Waals surface area contributed by atoms with E-state index in [0.717, 1.165) is 54.3 Å². The first kappa shape index (κ1) is 17.6. The molecule has 0 spiro atoms. The molecule has 0 amide bonds. The molecule has 0 radical (unpaired) electrons. The number of aryl methyl sites for hydroxylation is 1. The van der Waals surface area contributed by atoms with Crippen molar-refractivity contribution in [2.75, 3.05) is 18.0 Å². The van der Waals surface area contributed by atoms with Crippen LogP contribution in [-0.4, -0.2) is 33.0 Å². The summed E-state index contributed by atoms with van der Waals surface area (Å²) in [7, 11) is 0. The van der Waals surface area contributed by atoms with Gasteiger partial charge in [-0.05, 0) is 32.8 Å². The van der Waals surface area contributed by atoms with E-state index in [1.807, 2.05) is 29.7 Å². The number of anilines is 1. The highest BCUT2D eigenvalue weighted by atomic mass is 35.5. The highest BCUT2D eigenvalue weighted by Gasteiger charge is 2.28. The minimum Gasteiger partial charge on any atom is -0.353 e. The van der Waals surface area contributed by atoms with Crippen LogP contribution in [0.2, 0.25) is 10.0 Å². The van der Waals surface area contributed by atoms with Gasteiger partial charge in [0, 0.05) is 36.6 Å². The zero-order valence-electron chi connectivity index (χ0n) is 14.8. The summed E-state index contributed by atoms with van der Waals surface area (Å²) in [6.45, 7) is 5.85. The third-order valence-corrected chi connectivity index (χ3v) is 5.93. The Kier molecular flexibility index (Phi) is 4.34. The van der Waals surface area contributed by atoms with Crippen molar-refractivity contribution < 1.29 is 0 Å². The first-order chi connectivity index (χ1) is 12.4. The van der Waals surface area contributed by atoms with Crippen molar-refractivity contribution >= 4 is 34.7 Å². The molecular weight excluding hydrogens is 369 g/mol. The number of fused-ring (bicyclic) bond motifs is 1. The van der Waals surface area contributed by atoms with Gasteiger partial charge in [0.25, 0.3) is 0 Å². The van der Waals surface area contributed by atoms with E-state index in [-0.39, 0.29) is 5.54 Å². The molecule has 3 heterocycles. The SMILES string of the molecule is Cc1nc(N2CCC(C)(N)CC2)c2nccn2c1-c1cccc(Cl)c1Cl. The fraction of sp³-hybridized carbons (Fsp3) is 0.368. The van der Waals surface area contributed by atoms with E-state index < -0.39 is 0 Å². The van der Waals surface area contributed by atoms with E-state index in [4.69, 9.17) is 33.9 Å². The summed E-state index contributed by atoms with van der Waals surface area (Å²) in [4.78, 5) is 11.7. The summed E-state index contributed by atoms with van der Waals surface area (Å²) >= 11 is 12.7. The monoisotopic (exact) mass is 389 g/mol. The summed E-state index contributed by atoms with van der Waals surface area (Å²) in [5, 5.41) is 1.05. The number of halogens is 2. The Hall–Kier alpha value is -1.82. The van der Waals surface area contributed by atoms with Crippen LogP contribution in [0.3, 0.4) is 0 Å². The number of hydrogen-bond donors (Lipinski definition) is 1. The van der Waals surface area contributed by atoms with Crippen LogP contribution in [0.15, 0.2) is 30.6 Å². The smallest absolute Gasteiger partial charge is 0.180 e. The molecule has 1 saturated heterocycles. The van der Waals surface area contributed by atoms with Crippen LogP contribution in [0.5, 0.6) is 0 Å². The Morgan fingerprint density at radius 2 is 1.92 bits per heavy atom. The maximum atomic E-state index is 6.47. The second kappa shape index (κ2) is 6.41. The highest BCUT2D eigenvalue weighted by molar-refractivity contribution is 6.43. The van der Waals surface area contributed by atoms with Crippen molar-refractivity contribution in [3.05, 3.63) is 46.3 Å². The van der Waals surface area contributed by atoms with Crippen molar-refractivity contribution in [3.63, 3.8) is 0 Å². The standard InChI is InChI=1S/C19H21Cl2N5/c1-12-16(13-4-3-5-14(20)15(13)21)26-11-8-23-17(26)18(24-12)25-9-6-19(2,22)7-10-25/h3-5,8,11H,6-7,9-10,22H2,1-2H3. The third-order valence-electron chi connectivity index (χ3n) is 5.11. The predicted molar refractivity (Wildman–Crippen MR) is 107 cm³/mol. The second-order valence-electron chi connectivity index (χ2n) is 7.23. The van der Waals surface area contributed by atoms with E-state index in [2.05, 4.69) is 16.8 Å². The molecule has 7 heteroatoms. The molecule has 0 saturated carbocycles. The summed E-state index contributed by atoms with van der Waals surface area (Å²) in [6, 6.07) is 5.64. The number of rotatable bonds is 2. The molecule has 26 heavy (non-hydrogen) atoms. The normalized spacial score (nSPS) is 17.0. The average Bonchev–Trinajstić information content (AvgIpc) is 3.07. The number of aromatic nitrogens is 3. The lowest BCUT2D eigenvalue weighted by Gasteiger charge is -2.37. The van der Waals surface area contributed by atoms with E-state index >= 15 is 0 Å². The molecule has 0 unspecified atom stereocenters. The van der Waals surface area contributed by atoms with Gasteiger partial charge in [0.05, 0.1) is 21.4 Å². The molecule has 1 aliphatic heterocycles. The molecule has 0 atom stereocenters. The first-order valence-corrected chi connectivity index (χ1v) is 9.45. The van der Waals surface area contributed by atoms with Crippen LogP contribution in [0, 0.1) is 6.92 Å². The maximum Gasteiger partial charge on any atom is 0.180 e. The highest BCUT2D eigenvalue weighted by Crippen LogP contribution is 2.37. The van der Waals surface area contributed by atoms with Crippen molar-refractivity contribution in [2.24, 2.45) is 5.73 Å². The molecule has 0 bridgehead atoms. The summed E-state index contributed by atoms with van der Waals surface area (Å²) in [5.74, 6) is 0.893. The Morgan fingerprint density at radius 1 is 1.19 bits per heavy atom. The second-order valence-corrected chi connectivity index (χ2v) is 8.02. The fourth-order valence-electron chi connectivity index (χ4n) is 3.54. The van der Waals surface area contributed by atoms with Gasteiger partial charge >= 0.3 is 0 Å². The van der Waals surface area contributed by atoms with Gasteiger partial charge in [-0.3, -0.25) is 4.40 Å². The molecule has 2 N–H and O–H groups in total. The largest absolute Gasteiger partial charge is 0.353 e. The zero-order valence-corrected chi connectivity index (χ0v) is 16.3. The Balaban J connectivity index is 1.85. The first-order valence-electron chi connectivity index (χ1n) is 8.69. The summed E-state index contributed by atoms with van der Waals surface area (Å²) in [5.41, 5.74) is 9.64. The van der Waals surface area contributed by atoms with Gasteiger partial charge < -0.3 is 10.6 Å². The quantitative estimate of drug-likeness (QED) is 0.708. The molecule has 2 aromatic heterocycles. The molecule has 4 rings (SSSR count). The molecule has 1 fully saturated rings. The number of nitrogens with zero attached hydrogens (tertiary/aromatic N) is 4. The third kappa shape index (κ3) is 2.94. The number of hydrogen-bond acceptors (Lipinski definition) is 4. The Bertz CT molecular complexity index is 969. The minimum atomic E-state index is -0.106. The van der Waals surface area contributed by atoms with Gasteiger partial charge in [0.1, 0.15) is 0 Å². The summed E-state index contributed by atoms with van der Waals surface area (Å²) in [6.07, 6.45) is 5.60. The lowest BCUT2D eigenvalue weighted by molar-refractivity contribution is 0.363. The van der Waals surface area contributed by atoms with Crippen molar-refractivity contribution in [1.29, 1.82) is 0 Å². The predicted octanol–water partition coefficient (Wildman–Crippen LogP) is 4.33. The van der Waals surface area contributed by atoms with Crippen molar-refractivity contribution in [2.45, 2.75) is 32.2 Å². The van der Waals surface area contributed by atoms with Gasteiger partial charge in [-0.2, -0.15) is 0 Å². The van der Waals surface area contributed by atoms with Gasteiger partial charge in [0.15, 0.2) is 11.5 Å². The van der Waals surface area contributed by atoms with E-state index in [1.54, 1.807) is 12.3 Å². The van der Waals surface area contributed by atoms with Crippen LogP contribution < -0.4 is 10.6 Å². The lowest BCUT2D eigenvalue weighted by Crippen LogP contribution is -2.48. The number of imidazole rings is 1. The van der Waals surface area contributed by atoms with E-state index in [9.17, 15) is 0 Å². The molecule has 136 valence electrons. The van der Waals surface area contributed by atoms with Gasteiger partial charge in [-0.15, -0.1) is 0 Å². The van der Waals surface area contributed by atoms with Crippen molar-refractivity contribution in [1.82, 2.24) is 14.4 Å². The molecule has 3 aromatic rings. The number of piperidine rings is 1. The van der Waals surface area contributed by atoms with Crippen molar-refractivity contribution in [3.8, 4) is 11.3 Å². The number of nitrogens with two attached hydrogens (primary N) is 1. The van der Waals surface area contributed by atoms with Gasteiger partial charge in [-0.25, -0.2) is 9.97 Å². The Labute approximate surface area is 162 Å². The number of benzene rings is 1. The molecule has 0 aliphatic carbocycles. The topological polar surface area (TPSA) is 59.5 Å². The van der Waals surface area contributed by atoms with Crippen LogP contribution in [0.4, 0.5) is 5.82 Å². The van der Waals surface area contributed by atoms with Crippen LogP contribution in [-0.2, 0) is 0 Å². The van der Waals surface area contributed by atoms with Crippen LogP contribution >= 0.6 is 23.2 Å². The summed E-state index contributed by atoms with van der Waals surface area (Å²) < 4.78 is 2.05. The van der Waals surface area contributed by atoms with E-state index in [1.165, 1.54) is 0 Å². The molecule has 1 aromatic carbocycles. The molecule has 5 nitrogen and oxygen atoms in total. The van der Waals surface area contributed by atoms with Crippen LogP contribution in [0.25, 0.3) is 16.9 Å². The fourth-order valence-corrected chi connectivity index (χ4v) is 3.93. The lowest BCUT2D eigenvalue weighted by atomic mass is 9.91. The van der Waals surface area contributed by atoms with Gasteiger partial charge in [-0.1, -0.05) is 35.3 Å². The average molecular weight is 390 g/mol. The Morgan fingerprint density at radius 3 is 2.65 bits per heavy atom. The maximum absolute atomic E-state index is 6.47. The minimum absolute atomic E-state index is 0.106. The van der Waals surface area contributed by atoms with Gasteiger partial charge in [0.2, 0.25) is 0 Å². The van der Waals surface area contributed by atoms with E-state index in [0.29, 0.717) is 10.0 Å². The molecule has 1 aliphatic rings. The van der Waals surface area contributed by atoms with Crippen LogP contribution in [0.1, 0.15) is 25.5 Å². The zero-order chi connectivity index (χ0) is 18.5.